The van der Waals surface area contributed by atoms with E-state index in [1.165, 1.54) is 20.4 Å². The Hall–Kier alpha value is -4.15. The number of pyridine rings is 2. The number of carbonyl (C=O) groups is 2. The van der Waals surface area contributed by atoms with Gasteiger partial charge in [0, 0.05) is 43.5 Å². The van der Waals surface area contributed by atoms with Crippen LogP contribution < -0.4 is 14.8 Å². The van der Waals surface area contributed by atoms with E-state index >= 15 is 0 Å². The van der Waals surface area contributed by atoms with Crippen LogP contribution in [-0.2, 0) is 6.18 Å². The molecule has 0 saturated carbocycles. The Morgan fingerprint density at radius 1 is 1.05 bits per heavy atom. The number of benzene rings is 1. The number of piperidine rings is 1. The number of amides is 2. The van der Waals surface area contributed by atoms with Crippen LogP contribution in [0.2, 0.25) is 0 Å². The van der Waals surface area contributed by atoms with Crippen molar-refractivity contribution in [2.75, 3.05) is 27.3 Å². The summed E-state index contributed by atoms with van der Waals surface area (Å²) in [5, 5.41) is 2.74. The van der Waals surface area contributed by atoms with Crippen molar-refractivity contribution in [3.8, 4) is 11.6 Å². The maximum Gasteiger partial charge on any atom is 0.418 e. The zero-order valence-corrected chi connectivity index (χ0v) is 20.2. The molecule has 4 rings (SSSR count). The highest BCUT2D eigenvalue weighted by Gasteiger charge is 2.38. The Kier molecular flexibility index (Phi) is 7.61. The van der Waals surface area contributed by atoms with E-state index in [1.807, 2.05) is 30.3 Å². The lowest BCUT2D eigenvalue weighted by molar-refractivity contribution is -0.138. The molecule has 0 spiro atoms. The first-order chi connectivity index (χ1) is 17.7. The van der Waals surface area contributed by atoms with Gasteiger partial charge in [0.25, 0.3) is 17.7 Å². The van der Waals surface area contributed by atoms with Crippen molar-refractivity contribution in [1.29, 1.82) is 0 Å². The highest BCUT2D eigenvalue weighted by molar-refractivity contribution is 5.95. The fourth-order valence-corrected chi connectivity index (χ4v) is 4.43. The van der Waals surface area contributed by atoms with Crippen molar-refractivity contribution in [2.45, 2.75) is 24.6 Å². The smallest absolute Gasteiger partial charge is 0.418 e. The van der Waals surface area contributed by atoms with Gasteiger partial charge in [0.1, 0.15) is 5.69 Å². The van der Waals surface area contributed by atoms with E-state index in [-0.39, 0.29) is 30.8 Å². The largest absolute Gasteiger partial charge is 0.491 e. The summed E-state index contributed by atoms with van der Waals surface area (Å²) in [6.45, 7) is 0.506. The first-order valence-electron chi connectivity index (χ1n) is 11.5. The first-order valence-corrected chi connectivity index (χ1v) is 11.5. The third-order valence-corrected chi connectivity index (χ3v) is 6.25. The molecule has 0 bridgehead atoms. The monoisotopic (exact) mass is 514 g/mol. The number of likely N-dealkylation sites (tertiary alicyclic amines) is 1. The number of nitrogens with one attached hydrogen (secondary N) is 1. The molecule has 1 N–H and O–H groups in total. The van der Waals surface area contributed by atoms with Gasteiger partial charge in [0.2, 0.25) is 0 Å². The number of rotatable bonds is 6. The topological polar surface area (TPSA) is 93.7 Å². The van der Waals surface area contributed by atoms with Crippen LogP contribution in [0.25, 0.3) is 0 Å². The van der Waals surface area contributed by atoms with Crippen molar-refractivity contribution in [3.63, 3.8) is 0 Å². The lowest BCUT2D eigenvalue weighted by Gasteiger charge is -2.39. The van der Waals surface area contributed by atoms with Gasteiger partial charge in [0.05, 0.1) is 25.3 Å². The Balaban J connectivity index is 1.58. The number of nitrogens with zero attached hydrogens (tertiary/aromatic N) is 3. The predicted octanol–water partition coefficient (Wildman–Crippen LogP) is 3.94. The van der Waals surface area contributed by atoms with E-state index in [0.717, 1.165) is 23.9 Å². The number of carbonyl (C=O) groups excluding carboxylic acids is 2. The normalized spacial score (nSPS) is 17.7. The SMILES string of the molecule is COc1cc(C(=O)N2CC[C@@H](NC(=O)c3ncccc3C(F)(F)F)[C@@H](c3ccccc3)C2)cnc1OC. The van der Waals surface area contributed by atoms with Gasteiger partial charge < -0.3 is 19.7 Å². The van der Waals surface area contributed by atoms with Crippen LogP contribution in [0, 0.1) is 0 Å². The van der Waals surface area contributed by atoms with Crippen LogP contribution in [0.1, 0.15) is 44.3 Å². The summed E-state index contributed by atoms with van der Waals surface area (Å²) in [5.41, 5.74) is -0.642. The Morgan fingerprint density at radius 3 is 2.49 bits per heavy atom. The average molecular weight is 515 g/mol. The molecule has 1 aliphatic heterocycles. The minimum atomic E-state index is -4.72. The molecule has 2 aromatic heterocycles. The van der Waals surface area contributed by atoms with Gasteiger partial charge >= 0.3 is 6.18 Å². The van der Waals surface area contributed by atoms with Crippen molar-refractivity contribution in [1.82, 2.24) is 20.2 Å². The van der Waals surface area contributed by atoms with Crippen LogP contribution in [-0.4, -0.2) is 60.0 Å². The van der Waals surface area contributed by atoms with E-state index in [9.17, 15) is 22.8 Å². The lowest BCUT2D eigenvalue weighted by atomic mass is 9.85. The van der Waals surface area contributed by atoms with Crippen LogP contribution in [0.4, 0.5) is 13.2 Å². The van der Waals surface area contributed by atoms with Gasteiger partial charge in [-0.2, -0.15) is 13.2 Å². The summed E-state index contributed by atoms with van der Waals surface area (Å²) in [6.07, 6.45) is -1.85. The number of aromatic nitrogens is 2. The Bertz CT molecular complexity index is 1270. The molecule has 194 valence electrons. The lowest BCUT2D eigenvalue weighted by Crippen LogP contribution is -2.51. The van der Waals surface area contributed by atoms with Gasteiger partial charge in [-0.3, -0.25) is 14.6 Å². The van der Waals surface area contributed by atoms with Gasteiger partial charge in [-0.15, -0.1) is 0 Å². The summed E-state index contributed by atoms with van der Waals surface area (Å²) >= 11 is 0. The fourth-order valence-electron chi connectivity index (χ4n) is 4.43. The molecule has 11 heteroatoms. The molecular formula is C26H25F3N4O4. The molecule has 3 aromatic rings. The summed E-state index contributed by atoms with van der Waals surface area (Å²) in [5.74, 6) is -1.01. The first kappa shape index (κ1) is 25.9. The number of halogens is 3. The van der Waals surface area contributed by atoms with E-state index in [0.29, 0.717) is 17.7 Å². The number of methoxy groups -OCH3 is 2. The van der Waals surface area contributed by atoms with Gasteiger partial charge in [0.15, 0.2) is 5.75 Å². The molecule has 0 unspecified atom stereocenters. The number of hydrogen-bond donors (Lipinski definition) is 1. The summed E-state index contributed by atoms with van der Waals surface area (Å²) < 4.78 is 50.7. The molecule has 37 heavy (non-hydrogen) atoms. The molecule has 1 fully saturated rings. The molecule has 1 aromatic carbocycles. The Morgan fingerprint density at radius 2 is 1.81 bits per heavy atom. The predicted molar refractivity (Wildman–Crippen MR) is 128 cm³/mol. The minimum absolute atomic E-state index is 0.233. The summed E-state index contributed by atoms with van der Waals surface area (Å²) in [7, 11) is 2.89. The minimum Gasteiger partial charge on any atom is -0.491 e. The molecule has 1 aliphatic rings. The van der Waals surface area contributed by atoms with Crippen molar-refractivity contribution in [3.05, 3.63) is 83.3 Å². The highest BCUT2D eigenvalue weighted by atomic mass is 19.4. The van der Waals surface area contributed by atoms with Gasteiger partial charge in [-0.05, 0) is 24.1 Å². The molecule has 0 aliphatic carbocycles. The van der Waals surface area contributed by atoms with Crippen molar-refractivity contribution < 1.29 is 32.2 Å². The Labute approximate surface area is 211 Å². The van der Waals surface area contributed by atoms with E-state index < -0.39 is 29.4 Å². The number of hydrogen-bond acceptors (Lipinski definition) is 6. The molecular weight excluding hydrogens is 489 g/mol. The second-order valence-electron chi connectivity index (χ2n) is 8.47. The van der Waals surface area contributed by atoms with Gasteiger partial charge in [-0.1, -0.05) is 30.3 Å². The number of alkyl halides is 3. The molecule has 2 atom stereocenters. The van der Waals surface area contributed by atoms with E-state index in [4.69, 9.17) is 9.47 Å². The third kappa shape index (κ3) is 5.65. The number of ether oxygens (including phenoxy) is 2. The van der Waals surface area contributed by atoms with E-state index in [2.05, 4.69) is 15.3 Å². The quantitative estimate of drug-likeness (QED) is 0.536. The molecule has 1 saturated heterocycles. The summed E-state index contributed by atoms with van der Waals surface area (Å²) in [6, 6.07) is 12.2. The molecule has 3 heterocycles. The maximum atomic E-state index is 13.4. The van der Waals surface area contributed by atoms with Crippen molar-refractivity contribution >= 4 is 11.8 Å². The van der Waals surface area contributed by atoms with Crippen LogP contribution >= 0.6 is 0 Å². The fraction of sp³-hybridized carbons (Fsp3) is 0.308. The highest BCUT2D eigenvalue weighted by Crippen LogP contribution is 2.33. The van der Waals surface area contributed by atoms with Crippen LogP contribution in [0.3, 0.4) is 0 Å². The molecule has 2 amide bonds. The molecule has 8 nitrogen and oxygen atoms in total. The maximum absolute atomic E-state index is 13.4. The summed E-state index contributed by atoms with van der Waals surface area (Å²) in [4.78, 5) is 35.7. The zero-order valence-electron chi connectivity index (χ0n) is 20.2. The van der Waals surface area contributed by atoms with Crippen LogP contribution in [0.5, 0.6) is 11.6 Å². The molecule has 0 radical (unpaired) electrons. The van der Waals surface area contributed by atoms with E-state index in [1.54, 1.807) is 11.0 Å². The average Bonchev–Trinajstić information content (AvgIpc) is 2.92. The second kappa shape index (κ2) is 10.9. The van der Waals surface area contributed by atoms with Crippen LogP contribution in [0.15, 0.2) is 60.9 Å². The second-order valence-corrected chi connectivity index (χ2v) is 8.47. The van der Waals surface area contributed by atoms with Gasteiger partial charge in [-0.25, -0.2) is 4.98 Å². The standard InChI is InChI=1S/C26H25F3N4O4/c1-36-21-13-17(14-31-24(21)37-2)25(35)33-12-10-20(18(15-33)16-7-4-3-5-8-16)32-23(34)22-19(26(27,28)29)9-6-11-30-22/h3-9,11,13-14,18,20H,10,12,15H2,1-2H3,(H,32,34)/t18-,20-/m1/s1. The zero-order chi connectivity index (χ0) is 26.6. The third-order valence-electron chi connectivity index (χ3n) is 6.25. The van der Waals surface area contributed by atoms with Crippen molar-refractivity contribution in [2.24, 2.45) is 0 Å².